The van der Waals surface area contributed by atoms with Crippen molar-refractivity contribution in [1.29, 1.82) is 0 Å². The van der Waals surface area contributed by atoms with Crippen molar-refractivity contribution in [3.05, 3.63) is 34.9 Å². The minimum absolute atomic E-state index is 0.482. The number of halogens is 2. The third kappa shape index (κ3) is 3.49. The molecule has 0 saturated heterocycles. The Balaban J connectivity index is 1.96. The van der Waals surface area contributed by atoms with E-state index in [-0.39, 0.29) is 0 Å². The summed E-state index contributed by atoms with van der Waals surface area (Å²) in [5.41, 5.74) is 1.71. The predicted molar refractivity (Wildman–Crippen MR) is 82.5 cm³/mol. The van der Waals surface area contributed by atoms with E-state index >= 15 is 0 Å². The summed E-state index contributed by atoms with van der Waals surface area (Å²) in [7, 11) is 2.20. The molecule has 18 heavy (non-hydrogen) atoms. The fourth-order valence-electron chi connectivity index (χ4n) is 3.00. The van der Waals surface area contributed by atoms with Crippen LogP contribution in [0.1, 0.15) is 31.2 Å². The van der Waals surface area contributed by atoms with Gasteiger partial charge in [-0.25, -0.2) is 0 Å². The van der Waals surface area contributed by atoms with Crippen LogP contribution in [0.2, 0.25) is 5.02 Å². The molecule has 1 aromatic rings. The molecule has 0 bridgehead atoms. The zero-order valence-electron chi connectivity index (χ0n) is 11.0. The Hall–Kier alpha value is -0.0500. The van der Waals surface area contributed by atoms with Crippen LogP contribution in [0.3, 0.4) is 0 Å². The van der Waals surface area contributed by atoms with E-state index < -0.39 is 0 Å². The summed E-state index contributed by atoms with van der Waals surface area (Å²) in [5, 5.41) is 2.00. The summed E-state index contributed by atoms with van der Waals surface area (Å²) in [6.07, 6.45) is 5.47. The number of rotatable bonds is 5. The van der Waals surface area contributed by atoms with Crippen LogP contribution in [0.25, 0.3) is 0 Å². The Morgan fingerprint density at radius 1 is 1.28 bits per heavy atom. The molecule has 1 nitrogen and oxygen atoms in total. The first-order valence-electron chi connectivity index (χ1n) is 6.63. The van der Waals surface area contributed by atoms with Crippen LogP contribution in [-0.4, -0.2) is 23.8 Å². The van der Waals surface area contributed by atoms with Crippen LogP contribution in [0.4, 0.5) is 0 Å². The summed E-state index contributed by atoms with van der Waals surface area (Å²) in [5.74, 6) is 0. The van der Waals surface area contributed by atoms with Gasteiger partial charge in [0, 0.05) is 23.4 Å². The van der Waals surface area contributed by atoms with Crippen molar-refractivity contribution in [2.75, 3.05) is 18.9 Å². The molecule has 1 saturated carbocycles. The number of hydrogen-bond donors (Lipinski definition) is 0. The molecule has 3 heteroatoms. The Labute approximate surface area is 124 Å². The Kier molecular flexibility index (Phi) is 5.11. The molecule has 100 valence electrons. The number of hydrogen-bond acceptors (Lipinski definition) is 1. The second kappa shape index (κ2) is 6.40. The normalized spacial score (nSPS) is 18.4. The third-order valence-electron chi connectivity index (χ3n) is 3.95. The summed E-state index contributed by atoms with van der Waals surface area (Å²) < 4.78 is 0. The van der Waals surface area contributed by atoms with Crippen molar-refractivity contribution in [3.63, 3.8) is 0 Å². The molecular formula is C15H21BrClN. The summed E-state index contributed by atoms with van der Waals surface area (Å²) in [6, 6.07) is 8.14. The Morgan fingerprint density at radius 3 is 2.56 bits per heavy atom. The van der Waals surface area contributed by atoms with Crippen molar-refractivity contribution in [3.8, 4) is 0 Å². The van der Waals surface area contributed by atoms with E-state index in [0.717, 1.165) is 23.4 Å². The topological polar surface area (TPSA) is 3.24 Å². The second-order valence-corrected chi connectivity index (χ2v) is 6.57. The zero-order valence-corrected chi connectivity index (χ0v) is 13.3. The molecule has 0 spiro atoms. The predicted octanol–water partition coefficient (Wildman–Crippen LogP) is 4.73. The highest BCUT2D eigenvalue weighted by Crippen LogP contribution is 2.40. The van der Waals surface area contributed by atoms with Gasteiger partial charge in [-0.1, -0.05) is 58.6 Å². The maximum atomic E-state index is 6.22. The van der Waals surface area contributed by atoms with Crippen molar-refractivity contribution in [2.24, 2.45) is 5.41 Å². The molecule has 0 radical (unpaired) electrons. The molecule has 0 heterocycles. The molecule has 1 aliphatic carbocycles. The van der Waals surface area contributed by atoms with E-state index in [9.17, 15) is 0 Å². The number of nitrogens with zero attached hydrogens (tertiary/aromatic N) is 1. The average molecular weight is 331 g/mol. The van der Waals surface area contributed by atoms with E-state index in [1.54, 1.807) is 0 Å². The van der Waals surface area contributed by atoms with Gasteiger partial charge in [-0.3, -0.25) is 0 Å². The van der Waals surface area contributed by atoms with E-state index in [1.807, 2.05) is 12.1 Å². The monoisotopic (exact) mass is 329 g/mol. The highest BCUT2D eigenvalue weighted by atomic mass is 79.9. The lowest BCUT2D eigenvalue weighted by Crippen LogP contribution is -2.34. The lowest BCUT2D eigenvalue weighted by molar-refractivity contribution is 0.196. The fraction of sp³-hybridized carbons (Fsp3) is 0.600. The van der Waals surface area contributed by atoms with Crippen LogP contribution in [0, 0.1) is 5.41 Å². The van der Waals surface area contributed by atoms with Gasteiger partial charge in [-0.2, -0.15) is 0 Å². The smallest absolute Gasteiger partial charge is 0.0451 e. The molecule has 0 amide bonds. The second-order valence-electron chi connectivity index (χ2n) is 5.60. The maximum absolute atomic E-state index is 6.22. The fourth-order valence-corrected chi connectivity index (χ4v) is 3.94. The average Bonchev–Trinajstić information content (AvgIpc) is 2.81. The molecule has 1 fully saturated rings. The van der Waals surface area contributed by atoms with E-state index in [2.05, 4.69) is 40.0 Å². The number of benzene rings is 1. The van der Waals surface area contributed by atoms with Gasteiger partial charge in [0.15, 0.2) is 0 Å². The van der Waals surface area contributed by atoms with Gasteiger partial charge >= 0.3 is 0 Å². The molecule has 2 rings (SSSR count). The maximum Gasteiger partial charge on any atom is 0.0451 e. The van der Waals surface area contributed by atoms with E-state index in [0.29, 0.717) is 5.41 Å². The summed E-state index contributed by atoms with van der Waals surface area (Å²) in [4.78, 5) is 2.41. The largest absolute Gasteiger partial charge is 0.301 e. The van der Waals surface area contributed by atoms with E-state index in [4.69, 9.17) is 11.6 Å². The number of alkyl halides is 1. The minimum Gasteiger partial charge on any atom is -0.301 e. The standard InChI is InChI=1S/C15H21BrClN/c1-18(10-13-6-2-3-7-14(13)17)12-15(11-16)8-4-5-9-15/h2-3,6-7H,4-5,8-12H2,1H3. The SMILES string of the molecule is CN(Cc1ccccc1Cl)CC1(CBr)CCCC1. The van der Waals surface area contributed by atoms with Crippen LogP contribution in [0.5, 0.6) is 0 Å². The molecule has 1 aliphatic rings. The van der Waals surface area contributed by atoms with Crippen molar-refractivity contribution >= 4 is 27.5 Å². The molecule has 0 unspecified atom stereocenters. The molecule has 0 atom stereocenters. The van der Waals surface area contributed by atoms with Crippen LogP contribution >= 0.6 is 27.5 Å². The van der Waals surface area contributed by atoms with Crippen LogP contribution in [0.15, 0.2) is 24.3 Å². The molecule has 0 N–H and O–H groups in total. The van der Waals surface area contributed by atoms with Gasteiger partial charge < -0.3 is 4.90 Å². The first kappa shape index (κ1) is 14.4. The van der Waals surface area contributed by atoms with Crippen molar-refractivity contribution in [1.82, 2.24) is 4.90 Å². The van der Waals surface area contributed by atoms with Gasteiger partial charge in [0.1, 0.15) is 0 Å². The van der Waals surface area contributed by atoms with Crippen LogP contribution in [-0.2, 0) is 6.54 Å². The molecule has 1 aromatic carbocycles. The van der Waals surface area contributed by atoms with Crippen molar-refractivity contribution < 1.29 is 0 Å². The van der Waals surface area contributed by atoms with Crippen LogP contribution < -0.4 is 0 Å². The Morgan fingerprint density at radius 2 is 1.94 bits per heavy atom. The summed E-state index contributed by atoms with van der Waals surface area (Å²) >= 11 is 9.93. The lowest BCUT2D eigenvalue weighted by atomic mass is 9.88. The van der Waals surface area contributed by atoms with Gasteiger partial charge in [-0.05, 0) is 36.9 Å². The third-order valence-corrected chi connectivity index (χ3v) is 5.51. The first-order chi connectivity index (χ1) is 8.65. The van der Waals surface area contributed by atoms with Gasteiger partial charge in [-0.15, -0.1) is 0 Å². The van der Waals surface area contributed by atoms with Gasteiger partial charge in [0.05, 0.1) is 0 Å². The molecule has 0 aromatic heterocycles. The zero-order chi connectivity index (χ0) is 13.0. The van der Waals surface area contributed by atoms with Gasteiger partial charge in [0.2, 0.25) is 0 Å². The van der Waals surface area contributed by atoms with Gasteiger partial charge in [0.25, 0.3) is 0 Å². The Bertz CT molecular complexity index is 388. The van der Waals surface area contributed by atoms with Crippen molar-refractivity contribution in [2.45, 2.75) is 32.2 Å². The van der Waals surface area contributed by atoms with E-state index in [1.165, 1.54) is 31.2 Å². The molecule has 0 aliphatic heterocycles. The highest BCUT2D eigenvalue weighted by Gasteiger charge is 2.33. The lowest BCUT2D eigenvalue weighted by Gasteiger charge is -2.32. The highest BCUT2D eigenvalue weighted by molar-refractivity contribution is 9.09. The summed E-state index contributed by atoms with van der Waals surface area (Å²) in [6.45, 7) is 2.10. The quantitative estimate of drug-likeness (QED) is 0.706. The molecular weight excluding hydrogens is 310 g/mol. The minimum atomic E-state index is 0.482. The first-order valence-corrected chi connectivity index (χ1v) is 8.13.